The number of benzene rings is 2. The minimum Gasteiger partial charge on any atom is -0.395 e. The summed E-state index contributed by atoms with van der Waals surface area (Å²) in [6.45, 7) is 1.44. The molecule has 2 atom stereocenters. The molecule has 3 rings (SSSR count). The molecular weight excluding hydrogens is 429 g/mol. The summed E-state index contributed by atoms with van der Waals surface area (Å²) < 4.78 is 55.3. The van der Waals surface area contributed by atoms with Crippen molar-refractivity contribution in [3.8, 4) is 0 Å². The van der Waals surface area contributed by atoms with Gasteiger partial charge in [-0.15, -0.1) is 0 Å². The average molecular weight is 448 g/mol. The SMILES string of the molecule is Cc1cc(C(=O)NCCO)ncc1C(c1cc(F)ccc1F)S(=O)c1ccc(F)cc1. The summed E-state index contributed by atoms with van der Waals surface area (Å²) in [6.07, 6.45) is 1.29. The lowest BCUT2D eigenvalue weighted by molar-refractivity contribution is 0.0939. The van der Waals surface area contributed by atoms with Gasteiger partial charge in [0.1, 0.15) is 23.1 Å². The summed E-state index contributed by atoms with van der Waals surface area (Å²) in [7, 11) is -1.93. The Morgan fingerprint density at radius 3 is 2.39 bits per heavy atom. The Morgan fingerprint density at radius 1 is 1.06 bits per heavy atom. The summed E-state index contributed by atoms with van der Waals surface area (Å²) in [5, 5.41) is 10.2. The molecule has 3 aromatic rings. The zero-order chi connectivity index (χ0) is 22.5. The summed E-state index contributed by atoms with van der Waals surface area (Å²) >= 11 is 0. The van der Waals surface area contributed by atoms with Crippen LogP contribution in [-0.2, 0) is 10.8 Å². The molecule has 0 aliphatic carbocycles. The monoisotopic (exact) mass is 448 g/mol. The van der Waals surface area contributed by atoms with Crippen LogP contribution in [0.4, 0.5) is 13.2 Å². The highest BCUT2D eigenvalue weighted by atomic mass is 32.2. The van der Waals surface area contributed by atoms with Crippen LogP contribution >= 0.6 is 0 Å². The lowest BCUT2D eigenvalue weighted by atomic mass is 10.0. The van der Waals surface area contributed by atoms with E-state index in [0.717, 1.165) is 30.3 Å². The molecule has 0 aliphatic heterocycles. The van der Waals surface area contributed by atoms with Crippen molar-refractivity contribution in [1.82, 2.24) is 10.3 Å². The zero-order valence-electron chi connectivity index (χ0n) is 16.4. The van der Waals surface area contributed by atoms with E-state index in [1.165, 1.54) is 24.4 Å². The van der Waals surface area contributed by atoms with E-state index in [1.807, 2.05) is 0 Å². The van der Waals surface area contributed by atoms with Crippen molar-refractivity contribution >= 4 is 16.7 Å². The Labute approximate surface area is 179 Å². The summed E-state index contributed by atoms with van der Waals surface area (Å²) in [6, 6.07) is 9.19. The first-order valence-corrected chi connectivity index (χ1v) is 10.5. The molecule has 2 unspecified atom stereocenters. The van der Waals surface area contributed by atoms with E-state index in [0.29, 0.717) is 11.1 Å². The predicted octanol–water partition coefficient (Wildman–Crippen LogP) is 3.43. The van der Waals surface area contributed by atoms with Gasteiger partial charge in [0.25, 0.3) is 5.91 Å². The highest BCUT2D eigenvalue weighted by molar-refractivity contribution is 7.85. The Hall–Kier alpha value is -3.04. The largest absolute Gasteiger partial charge is 0.395 e. The van der Waals surface area contributed by atoms with Crippen molar-refractivity contribution in [3.63, 3.8) is 0 Å². The van der Waals surface area contributed by atoms with Crippen LogP contribution in [0.2, 0.25) is 0 Å². The molecule has 0 saturated carbocycles. The molecule has 0 spiro atoms. The molecule has 0 fully saturated rings. The number of carbonyl (C=O) groups is 1. The van der Waals surface area contributed by atoms with Crippen LogP contribution in [0.25, 0.3) is 0 Å². The van der Waals surface area contributed by atoms with Gasteiger partial charge in [0, 0.05) is 23.2 Å². The lowest BCUT2D eigenvalue weighted by Crippen LogP contribution is -2.27. The van der Waals surface area contributed by atoms with Gasteiger partial charge in [0.05, 0.1) is 22.7 Å². The third-order valence-electron chi connectivity index (χ3n) is 4.56. The molecule has 0 saturated heterocycles. The molecule has 9 heteroatoms. The molecule has 0 bridgehead atoms. The Bertz CT molecular complexity index is 1120. The van der Waals surface area contributed by atoms with Gasteiger partial charge in [-0.2, -0.15) is 0 Å². The number of aliphatic hydroxyl groups excluding tert-OH is 1. The quantitative estimate of drug-likeness (QED) is 0.581. The van der Waals surface area contributed by atoms with E-state index < -0.39 is 39.4 Å². The fourth-order valence-corrected chi connectivity index (χ4v) is 4.61. The van der Waals surface area contributed by atoms with Gasteiger partial charge in [0.15, 0.2) is 0 Å². The van der Waals surface area contributed by atoms with Crippen molar-refractivity contribution in [3.05, 3.63) is 94.6 Å². The molecule has 1 heterocycles. The summed E-state index contributed by atoms with van der Waals surface area (Å²) in [5.41, 5.74) is 0.713. The van der Waals surface area contributed by atoms with Crippen LogP contribution in [0.5, 0.6) is 0 Å². The van der Waals surface area contributed by atoms with E-state index in [1.54, 1.807) is 6.92 Å². The maximum atomic E-state index is 14.7. The van der Waals surface area contributed by atoms with Crippen LogP contribution in [-0.4, -0.2) is 33.4 Å². The van der Waals surface area contributed by atoms with Crippen molar-refractivity contribution in [2.24, 2.45) is 0 Å². The van der Waals surface area contributed by atoms with Crippen LogP contribution < -0.4 is 5.32 Å². The Kier molecular flexibility index (Phi) is 7.19. The maximum absolute atomic E-state index is 14.7. The van der Waals surface area contributed by atoms with Gasteiger partial charge in [-0.05, 0) is 66.6 Å². The predicted molar refractivity (Wildman–Crippen MR) is 109 cm³/mol. The molecule has 31 heavy (non-hydrogen) atoms. The second-order valence-corrected chi connectivity index (χ2v) is 8.24. The number of aliphatic hydroxyl groups is 1. The molecule has 1 aromatic heterocycles. The van der Waals surface area contributed by atoms with Crippen molar-refractivity contribution in [1.29, 1.82) is 0 Å². The van der Waals surface area contributed by atoms with Gasteiger partial charge >= 0.3 is 0 Å². The molecule has 0 aliphatic rings. The fourth-order valence-electron chi connectivity index (χ4n) is 3.04. The molecule has 1 amide bonds. The first-order chi connectivity index (χ1) is 14.8. The first kappa shape index (κ1) is 22.6. The number of nitrogens with zero attached hydrogens (tertiary/aromatic N) is 1. The number of aromatic nitrogens is 1. The zero-order valence-corrected chi connectivity index (χ0v) is 17.3. The molecule has 0 radical (unpaired) electrons. The highest BCUT2D eigenvalue weighted by Gasteiger charge is 2.28. The maximum Gasteiger partial charge on any atom is 0.269 e. The molecule has 5 nitrogen and oxygen atoms in total. The van der Waals surface area contributed by atoms with Crippen LogP contribution in [0.1, 0.15) is 32.4 Å². The van der Waals surface area contributed by atoms with E-state index in [4.69, 9.17) is 5.11 Å². The number of pyridine rings is 1. The van der Waals surface area contributed by atoms with Gasteiger partial charge < -0.3 is 10.4 Å². The standard InChI is InChI=1S/C22H19F3N2O3S/c1-13-10-20(22(29)26-8-9-28)27-12-18(13)21(17-11-15(24)4-7-19(17)25)31(30)16-5-2-14(23)3-6-16/h2-7,10-12,21,28H,8-9H2,1H3,(H,26,29). The lowest BCUT2D eigenvalue weighted by Gasteiger charge is -2.20. The fraction of sp³-hybridized carbons (Fsp3) is 0.182. The van der Waals surface area contributed by atoms with Crippen LogP contribution in [0, 0.1) is 24.4 Å². The van der Waals surface area contributed by atoms with E-state index in [-0.39, 0.29) is 29.3 Å². The smallest absolute Gasteiger partial charge is 0.269 e. The Balaban J connectivity index is 2.10. The van der Waals surface area contributed by atoms with Gasteiger partial charge in [0.2, 0.25) is 0 Å². The third kappa shape index (κ3) is 5.18. The van der Waals surface area contributed by atoms with Crippen LogP contribution in [0.15, 0.2) is 59.6 Å². The van der Waals surface area contributed by atoms with Crippen LogP contribution in [0.3, 0.4) is 0 Å². The third-order valence-corrected chi connectivity index (χ3v) is 6.24. The van der Waals surface area contributed by atoms with Crippen molar-refractivity contribution < 1.29 is 27.3 Å². The summed E-state index contributed by atoms with van der Waals surface area (Å²) in [5.74, 6) is -2.50. The average Bonchev–Trinajstić information content (AvgIpc) is 2.76. The topological polar surface area (TPSA) is 79.3 Å². The van der Waals surface area contributed by atoms with Gasteiger partial charge in [-0.25, -0.2) is 13.2 Å². The number of hydrogen-bond donors (Lipinski definition) is 2. The molecule has 2 aromatic carbocycles. The van der Waals surface area contributed by atoms with Gasteiger partial charge in [-0.1, -0.05) is 0 Å². The number of nitrogens with one attached hydrogen (secondary N) is 1. The molecule has 162 valence electrons. The second kappa shape index (κ2) is 9.84. The number of amides is 1. The molecular formula is C22H19F3N2O3S. The number of aryl methyl sites for hydroxylation is 1. The Morgan fingerprint density at radius 2 is 1.74 bits per heavy atom. The number of carbonyl (C=O) groups excluding carboxylic acids is 1. The van der Waals surface area contributed by atoms with E-state index in [9.17, 15) is 22.2 Å². The van der Waals surface area contributed by atoms with Crippen molar-refractivity contribution in [2.45, 2.75) is 17.1 Å². The number of hydrogen-bond acceptors (Lipinski definition) is 4. The minimum absolute atomic E-state index is 0.0486. The first-order valence-electron chi connectivity index (χ1n) is 9.28. The van der Waals surface area contributed by atoms with Crippen molar-refractivity contribution in [2.75, 3.05) is 13.2 Å². The number of halogens is 3. The minimum atomic E-state index is -1.93. The normalized spacial score (nSPS) is 12.9. The second-order valence-electron chi connectivity index (χ2n) is 6.70. The van der Waals surface area contributed by atoms with Gasteiger partial charge in [-0.3, -0.25) is 14.0 Å². The highest BCUT2D eigenvalue weighted by Crippen LogP contribution is 2.35. The van der Waals surface area contributed by atoms with E-state index >= 15 is 0 Å². The molecule has 2 N–H and O–H groups in total. The number of rotatable bonds is 7. The summed E-state index contributed by atoms with van der Waals surface area (Å²) in [4.78, 5) is 16.4. The van der Waals surface area contributed by atoms with E-state index in [2.05, 4.69) is 10.3 Å².